The van der Waals surface area contributed by atoms with Crippen LogP contribution in [0.5, 0.6) is 5.75 Å². The molecule has 1 fully saturated rings. The molecule has 20 heavy (non-hydrogen) atoms. The molecule has 3 nitrogen and oxygen atoms in total. The quantitative estimate of drug-likeness (QED) is 0.906. The third kappa shape index (κ3) is 2.63. The minimum absolute atomic E-state index is 0.543. The second-order valence-corrected chi connectivity index (χ2v) is 5.12. The molecule has 1 heterocycles. The summed E-state index contributed by atoms with van der Waals surface area (Å²) in [4.78, 5) is 2.36. The predicted molar refractivity (Wildman–Crippen MR) is 82.4 cm³/mol. The van der Waals surface area contributed by atoms with E-state index in [4.69, 9.17) is 10.5 Å². The third-order valence-electron chi connectivity index (χ3n) is 3.73. The van der Waals surface area contributed by atoms with Crippen LogP contribution in [0.15, 0.2) is 54.6 Å². The third-order valence-corrected chi connectivity index (χ3v) is 3.73. The second-order valence-electron chi connectivity index (χ2n) is 5.12. The average molecular weight is 268 g/mol. The van der Waals surface area contributed by atoms with Crippen molar-refractivity contribution in [2.75, 3.05) is 31.1 Å². The number of benzene rings is 2. The fraction of sp³-hybridized carbons (Fsp3) is 0.294. The molecule has 2 aromatic carbocycles. The summed E-state index contributed by atoms with van der Waals surface area (Å²) in [7, 11) is 0. The first kappa shape index (κ1) is 13.0. The molecule has 3 heteroatoms. The summed E-state index contributed by atoms with van der Waals surface area (Å²) >= 11 is 0. The SMILES string of the molecule is NCCOc1ccccc1N1CC(c2ccccc2)C1. The highest BCUT2D eigenvalue weighted by Crippen LogP contribution is 2.36. The van der Waals surface area contributed by atoms with E-state index in [0.717, 1.165) is 18.8 Å². The topological polar surface area (TPSA) is 38.5 Å². The van der Waals surface area contributed by atoms with Gasteiger partial charge in [-0.2, -0.15) is 0 Å². The van der Waals surface area contributed by atoms with Crippen LogP contribution in [0, 0.1) is 0 Å². The van der Waals surface area contributed by atoms with Crippen molar-refractivity contribution in [1.29, 1.82) is 0 Å². The number of anilines is 1. The molecule has 104 valence electrons. The Morgan fingerprint density at radius 2 is 1.70 bits per heavy atom. The van der Waals surface area contributed by atoms with Crippen LogP contribution >= 0.6 is 0 Å². The Morgan fingerprint density at radius 1 is 1.00 bits per heavy atom. The molecule has 0 aromatic heterocycles. The summed E-state index contributed by atoms with van der Waals surface area (Å²) in [5.41, 5.74) is 8.10. The number of ether oxygens (including phenoxy) is 1. The molecule has 1 saturated heterocycles. The van der Waals surface area contributed by atoms with Crippen LogP contribution in [0.25, 0.3) is 0 Å². The Balaban J connectivity index is 1.68. The highest BCUT2D eigenvalue weighted by molar-refractivity contribution is 5.61. The van der Waals surface area contributed by atoms with Crippen molar-refractivity contribution in [2.24, 2.45) is 5.73 Å². The number of rotatable bonds is 5. The lowest BCUT2D eigenvalue weighted by Crippen LogP contribution is -2.45. The first-order chi connectivity index (χ1) is 9.88. The van der Waals surface area contributed by atoms with Gasteiger partial charge in [0.1, 0.15) is 12.4 Å². The van der Waals surface area contributed by atoms with E-state index in [2.05, 4.69) is 47.4 Å². The van der Waals surface area contributed by atoms with Crippen LogP contribution in [0.3, 0.4) is 0 Å². The summed E-state index contributed by atoms with van der Waals surface area (Å²) < 4.78 is 5.72. The zero-order valence-corrected chi connectivity index (χ0v) is 11.5. The molecule has 0 aliphatic carbocycles. The molecule has 3 rings (SSSR count). The first-order valence-corrected chi connectivity index (χ1v) is 7.10. The van der Waals surface area contributed by atoms with Crippen molar-refractivity contribution in [3.05, 3.63) is 60.2 Å². The second kappa shape index (κ2) is 5.97. The number of hydrogen-bond acceptors (Lipinski definition) is 3. The predicted octanol–water partition coefficient (Wildman–Crippen LogP) is 2.63. The van der Waals surface area contributed by atoms with E-state index in [-0.39, 0.29) is 0 Å². The van der Waals surface area contributed by atoms with Gasteiger partial charge < -0.3 is 15.4 Å². The Hall–Kier alpha value is -2.00. The smallest absolute Gasteiger partial charge is 0.142 e. The molecule has 0 bridgehead atoms. The van der Waals surface area contributed by atoms with Gasteiger partial charge in [0.25, 0.3) is 0 Å². The number of nitrogens with zero attached hydrogens (tertiary/aromatic N) is 1. The van der Waals surface area contributed by atoms with E-state index in [0.29, 0.717) is 19.1 Å². The van der Waals surface area contributed by atoms with Gasteiger partial charge in [0, 0.05) is 25.6 Å². The Kier molecular flexibility index (Phi) is 3.88. The summed E-state index contributed by atoms with van der Waals surface area (Å²) in [6, 6.07) is 18.9. The fourth-order valence-corrected chi connectivity index (χ4v) is 2.62. The molecule has 0 amide bonds. The van der Waals surface area contributed by atoms with E-state index in [9.17, 15) is 0 Å². The van der Waals surface area contributed by atoms with Crippen molar-refractivity contribution >= 4 is 5.69 Å². The van der Waals surface area contributed by atoms with Gasteiger partial charge in [0.15, 0.2) is 0 Å². The molecular weight excluding hydrogens is 248 g/mol. The van der Waals surface area contributed by atoms with Gasteiger partial charge in [-0.1, -0.05) is 42.5 Å². The minimum Gasteiger partial charge on any atom is -0.490 e. The van der Waals surface area contributed by atoms with E-state index in [1.165, 1.54) is 11.3 Å². The van der Waals surface area contributed by atoms with Gasteiger partial charge in [-0.15, -0.1) is 0 Å². The molecule has 1 aliphatic rings. The van der Waals surface area contributed by atoms with Crippen molar-refractivity contribution in [3.8, 4) is 5.75 Å². The summed E-state index contributed by atoms with van der Waals surface area (Å²) in [5, 5.41) is 0. The standard InChI is InChI=1S/C17H20N2O/c18-10-11-20-17-9-5-4-8-16(17)19-12-15(13-19)14-6-2-1-3-7-14/h1-9,15H,10-13,18H2. The van der Waals surface area contributed by atoms with E-state index in [1.807, 2.05) is 12.1 Å². The van der Waals surface area contributed by atoms with E-state index >= 15 is 0 Å². The average Bonchev–Trinajstić information content (AvgIpc) is 2.46. The molecule has 2 N–H and O–H groups in total. The van der Waals surface area contributed by atoms with Crippen molar-refractivity contribution in [2.45, 2.75) is 5.92 Å². The van der Waals surface area contributed by atoms with E-state index in [1.54, 1.807) is 0 Å². The van der Waals surface area contributed by atoms with Gasteiger partial charge in [-0.05, 0) is 17.7 Å². The van der Waals surface area contributed by atoms with Crippen LogP contribution in [-0.2, 0) is 0 Å². The van der Waals surface area contributed by atoms with Gasteiger partial charge in [-0.25, -0.2) is 0 Å². The van der Waals surface area contributed by atoms with Gasteiger partial charge in [0.05, 0.1) is 5.69 Å². The summed E-state index contributed by atoms with van der Waals surface area (Å²) in [6.45, 7) is 3.20. The van der Waals surface area contributed by atoms with Gasteiger partial charge in [0.2, 0.25) is 0 Å². The highest BCUT2D eigenvalue weighted by Gasteiger charge is 2.29. The molecular formula is C17H20N2O. The van der Waals surface area contributed by atoms with Crippen LogP contribution in [0.1, 0.15) is 11.5 Å². The Bertz CT molecular complexity index is 550. The van der Waals surface area contributed by atoms with Crippen LogP contribution < -0.4 is 15.4 Å². The zero-order valence-electron chi connectivity index (χ0n) is 11.5. The molecule has 0 unspecified atom stereocenters. The van der Waals surface area contributed by atoms with E-state index < -0.39 is 0 Å². The van der Waals surface area contributed by atoms with Crippen molar-refractivity contribution < 1.29 is 4.74 Å². The lowest BCUT2D eigenvalue weighted by molar-refractivity contribution is 0.326. The summed E-state index contributed by atoms with van der Waals surface area (Å²) in [5.74, 6) is 1.56. The maximum absolute atomic E-state index is 5.72. The molecule has 2 aromatic rings. The zero-order chi connectivity index (χ0) is 13.8. The lowest BCUT2D eigenvalue weighted by atomic mass is 9.91. The maximum Gasteiger partial charge on any atom is 0.142 e. The maximum atomic E-state index is 5.72. The first-order valence-electron chi connectivity index (χ1n) is 7.10. The molecule has 0 radical (unpaired) electrons. The van der Waals surface area contributed by atoms with Gasteiger partial charge in [-0.3, -0.25) is 0 Å². The molecule has 0 spiro atoms. The molecule has 0 saturated carbocycles. The summed E-state index contributed by atoms with van der Waals surface area (Å²) in [6.07, 6.45) is 0. The van der Waals surface area contributed by atoms with Crippen LogP contribution in [0.4, 0.5) is 5.69 Å². The molecule has 1 aliphatic heterocycles. The Labute approximate surface area is 120 Å². The fourth-order valence-electron chi connectivity index (χ4n) is 2.62. The monoisotopic (exact) mass is 268 g/mol. The van der Waals surface area contributed by atoms with Crippen LogP contribution in [-0.4, -0.2) is 26.2 Å². The van der Waals surface area contributed by atoms with Crippen molar-refractivity contribution in [3.63, 3.8) is 0 Å². The minimum atomic E-state index is 0.543. The highest BCUT2D eigenvalue weighted by atomic mass is 16.5. The normalized spacial score (nSPS) is 14.9. The molecule has 0 atom stereocenters. The largest absolute Gasteiger partial charge is 0.490 e. The van der Waals surface area contributed by atoms with Crippen LogP contribution in [0.2, 0.25) is 0 Å². The van der Waals surface area contributed by atoms with Gasteiger partial charge >= 0.3 is 0 Å². The number of nitrogens with two attached hydrogens (primary N) is 1. The number of hydrogen-bond donors (Lipinski definition) is 1. The van der Waals surface area contributed by atoms with Crippen molar-refractivity contribution in [1.82, 2.24) is 0 Å². The lowest BCUT2D eigenvalue weighted by Gasteiger charge is -2.42. The Morgan fingerprint density at radius 3 is 2.45 bits per heavy atom. The number of para-hydroxylation sites is 2.